The van der Waals surface area contributed by atoms with Crippen molar-refractivity contribution in [3.05, 3.63) is 101 Å². The molecule has 6 heteroatoms. The number of amides is 1. The second kappa shape index (κ2) is 10.9. The summed E-state index contributed by atoms with van der Waals surface area (Å²) in [6, 6.07) is 23.2. The Morgan fingerprint density at radius 1 is 0.971 bits per heavy atom. The number of aliphatic hydroxyl groups is 1. The van der Waals surface area contributed by atoms with Crippen LogP contribution in [0.3, 0.4) is 0 Å². The SMILES string of the molecule is CCCOc1cccc(C2C(C(=O)CCc3ccccc3)=C(O)C(=O)N2c2ccc(OC)cc2)c1. The smallest absolute Gasteiger partial charge is 0.294 e. The van der Waals surface area contributed by atoms with Crippen molar-refractivity contribution in [2.75, 3.05) is 18.6 Å². The van der Waals surface area contributed by atoms with Crippen molar-refractivity contribution in [2.45, 2.75) is 32.2 Å². The normalized spacial score (nSPS) is 15.4. The van der Waals surface area contributed by atoms with E-state index in [0.29, 0.717) is 35.8 Å². The van der Waals surface area contributed by atoms with E-state index in [1.807, 2.05) is 61.5 Å². The number of ether oxygens (including phenoxy) is 2. The number of carbonyl (C=O) groups excluding carboxylic acids is 2. The minimum Gasteiger partial charge on any atom is -0.503 e. The Morgan fingerprint density at radius 2 is 1.71 bits per heavy atom. The zero-order valence-electron chi connectivity index (χ0n) is 19.9. The molecule has 4 rings (SSSR count). The second-order valence-electron chi connectivity index (χ2n) is 8.37. The topological polar surface area (TPSA) is 76.1 Å². The Balaban J connectivity index is 1.72. The lowest BCUT2D eigenvalue weighted by Crippen LogP contribution is -2.31. The van der Waals surface area contributed by atoms with Gasteiger partial charge in [0, 0.05) is 12.1 Å². The van der Waals surface area contributed by atoms with Crippen molar-refractivity contribution in [1.29, 1.82) is 0 Å². The Morgan fingerprint density at radius 3 is 2.40 bits per heavy atom. The van der Waals surface area contributed by atoms with Gasteiger partial charge in [-0.15, -0.1) is 0 Å². The number of nitrogens with zero attached hydrogens (tertiary/aromatic N) is 1. The highest BCUT2D eigenvalue weighted by molar-refractivity contribution is 6.16. The number of aryl methyl sites for hydroxylation is 1. The number of Topliss-reactive ketones (excluding diaryl/α,β-unsaturated/α-hetero) is 1. The molecule has 1 unspecified atom stereocenters. The van der Waals surface area contributed by atoms with E-state index in [0.717, 1.165) is 12.0 Å². The van der Waals surface area contributed by atoms with E-state index in [1.165, 1.54) is 4.90 Å². The molecule has 1 aliphatic heterocycles. The number of aliphatic hydroxyl groups excluding tert-OH is 1. The van der Waals surface area contributed by atoms with Crippen LogP contribution in [-0.2, 0) is 16.0 Å². The third-order valence-corrected chi connectivity index (χ3v) is 5.99. The van der Waals surface area contributed by atoms with E-state index in [-0.39, 0.29) is 17.8 Å². The fraction of sp³-hybridized carbons (Fsp3) is 0.241. The van der Waals surface area contributed by atoms with Crippen molar-refractivity contribution < 1.29 is 24.2 Å². The van der Waals surface area contributed by atoms with Crippen LogP contribution in [0.4, 0.5) is 5.69 Å². The average molecular weight is 472 g/mol. The number of methoxy groups -OCH3 is 1. The van der Waals surface area contributed by atoms with Gasteiger partial charge in [-0.1, -0.05) is 49.4 Å². The summed E-state index contributed by atoms with van der Waals surface area (Å²) >= 11 is 0. The van der Waals surface area contributed by atoms with E-state index in [9.17, 15) is 14.7 Å². The summed E-state index contributed by atoms with van der Waals surface area (Å²) in [5.74, 6) is -0.0929. The van der Waals surface area contributed by atoms with E-state index >= 15 is 0 Å². The Bertz CT molecular complexity index is 1220. The van der Waals surface area contributed by atoms with Crippen molar-refractivity contribution >= 4 is 17.4 Å². The van der Waals surface area contributed by atoms with Crippen LogP contribution in [0.2, 0.25) is 0 Å². The first-order valence-electron chi connectivity index (χ1n) is 11.7. The van der Waals surface area contributed by atoms with Gasteiger partial charge in [0.1, 0.15) is 11.5 Å². The first-order chi connectivity index (χ1) is 17.0. The molecule has 0 saturated carbocycles. The third kappa shape index (κ3) is 5.22. The van der Waals surface area contributed by atoms with E-state index < -0.39 is 17.7 Å². The molecule has 1 amide bonds. The van der Waals surface area contributed by atoms with Gasteiger partial charge >= 0.3 is 0 Å². The summed E-state index contributed by atoms with van der Waals surface area (Å²) in [6.07, 6.45) is 1.54. The minimum absolute atomic E-state index is 0.106. The number of hydrogen-bond acceptors (Lipinski definition) is 5. The first kappa shape index (κ1) is 24.1. The Hall–Kier alpha value is -4.06. The maximum atomic E-state index is 13.4. The molecule has 0 bridgehead atoms. The molecular weight excluding hydrogens is 442 g/mol. The average Bonchev–Trinajstić information content (AvgIpc) is 3.17. The molecular formula is C29H29NO5. The molecule has 0 aliphatic carbocycles. The quantitative estimate of drug-likeness (QED) is 0.417. The Labute approximate surface area is 205 Å². The predicted octanol–water partition coefficient (Wildman–Crippen LogP) is 5.59. The van der Waals surface area contributed by atoms with Crippen molar-refractivity contribution in [1.82, 2.24) is 0 Å². The van der Waals surface area contributed by atoms with Gasteiger partial charge in [0.15, 0.2) is 11.5 Å². The summed E-state index contributed by atoms with van der Waals surface area (Å²) in [5.41, 5.74) is 2.37. The highest BCUT2D eigenvalue weighted by Crippen LogP contribution is 2.42. The third-order valence-electron chi connectivity index (χ3n) is 5.99. The van der Waals surface area contributed by atoms with Gasteiger partial charge in [-0.05, 0) is 60.4 Å². The molecule has 6 nitrogen and oxygen atoms in total. The summed E-state index contributed by atoms with van der Waals surface area (Å²) in [4.78, 5) is 28.2. The number of benzene rings is 3. The van der Waals surface area contributed by atoms with Gasteiger partial charge < -0.3 is 14.6 Å². The molecule has 3 aromatic rings. The standard InChI is InChI=1S/C29H29NO5/c1-3-18-35-24-11-7-10-21(19-24)27-26(25(31)17-12-20-8-5-4-6-9-20)28(32)29(33)30(27)22-13-15-23(34-2)16-14-22/h4-11,13-16,19,27,32H,3,12,17-18H2,1-2H3. The van der Waals surface area contributed by atoms with Gasteiger partial charge in [-0.2, -0.15) is 0 Å². The fourth-order valence-electron chi connectivity index (χ4n) is 4.25. The van der Waals surface area contributed by atoms with Gasteiger partial charge in [0.2, 0.25) is 0 Å². The van der Waals surface area contributed by atoms with Crippen molar-refractivity contribution in [3.63, 3.8) is 0 Å². The largest absolute Gasteiger partial charge is 0.503 e. The maximum Gasteiger partial charge on any atom is 0.294 e. The summed E-state index contributed by atoms with van der Waals surface area (Å²) in [7, 11) is 1.57. The van der Waals surface area contributed by atoms with Crippen LogP contribution >= 0.6 is 0 Å². The summed E-state index contributed by atoms with van der Waals surface area (Å²) in [6.45, 7) is 2.58. The lowest BCUT2D eigenvalue weighted by molar-refractivity contribution is -0.118. The van der Waals surface area contributed by atoms with E-state index in [1.54, 1.807) is 31.4 Å². The molecule has 1 atom stereocenters. The number of ketones is 1. The van der Waals surface area contributed by atoms with Crippen LogP contribution in [0.15, 0.2) is 90.2 Å². The molecule has 0 radical (unpaired) electrons. The number of anilines is 1. The van der Waals surface area contributed by atoms with Gasteiger partial charge in [0.25, 0.3) is 5.91 Å². The highest BCUT2D eigenvalue weighted by atomic mass is 16.5. The van der Waals surface area contributed by atoms with Gasteiger partial charge in [-0.3, -0.25) is 14.5 Å². The molecule has 0 spiro atoms. The lowest BCUT2D eigenvalue weighted by Gasteiger charge is -2.27. The number of rotatable bonds is 10. The zero-order valence-corrected chi connectivity index (χ0v) is 19.9. The molecule has 1 aliphatic rings. The zero-order chi connectivity index (χ0) is 24.8. The lowest BCUT2D eigenvalue weighted by atomic mass is 9.93. The predicted molar refractivity (Wildman–Crippen MR) is 135 cm³/mol. The van der Waals surface area contributed by atoms with Crippen molar-refractivity contribution in [3.8, 4) is 11.5 Å². The molecule has 0 saturated heterocycles. The van der Waals surface area contributed by atoms with E-state index in [4.69, 9.17) is 9.47 Å². The summed E-state index contributed by atoms with van der Waals surface area (Å²) < 4.78 is 11.0. The van der Waals surface area contributed by atoms with Crippen molar-refractivity contribution in [2.24, 2.45) is 0 Å². The number of carbonyl (C=O) groups is 2. The highest BCUT2D eigenvalue weighted by Gasteiger charge is 2.44. The molecule has 3 aromatic carbocycles. The first-order valence-corrected chi connectivity index (χ1v) is 11.7. The van der Waals surface area contributed by atoms with Crippen LogP contribution in [0, 0.1) is 0 Å². The number of hydrogen-bond donors (Lipinski definition) is 1. The van der Waals surface area contributed by atoms with Crippen LogP contribution < -0.4 is 14.4 Å². The van der Waals surface area contributed by atoms with Crippen LogP contribution in [0.1, 0.15) is 36.9 Å². The maximum absolute atomic E-state index is 13.4. The monoisotopic (exact) mass is 471 g/mol. The van der Waals surface area contributed by atoms with Gasteiger partial charge in [0.05, 0.1) is 25.3 Å². The Kier molecular flexibility index (Phi) is 7.51. The molecule has 1 N–H and O–H groups in total. The molecule has 180 valence electrons. The van der Waals surface area contributed by atoms with Gasteiger partial charge in [-0.25, -0.2) is 0 Å². The van der Waals surface area contributed by atoms with Crippen LogP contribution in [-0.4, -0.2) is 30.5 Å². The fourth-order valence-corrected chi connectivity index (χ4v) is 4.25. The second-order valence-corrected chi connectivity index (χ2v) is 8.37. The van der Waals surface area contributed by atoms with E-state index in [2.05, 4.69) is 0 Å². The molecule has 35 heavy (non-hydrogen) atoms. The summed E-state index contributed by atoms with van der Waals surface area (Å²) in [5, 5.41) is 10.9. The minimum atomic E-state index is -0.774. The molecule has 0 fully saturated rings. The van der Waals surface area contributed by atoms with Crippen LogP contribution in [0.5, 0.6) is 11.5 Å². The van der Waals surface area contributed by atoms with Crippen LogP contribution in [0.25, 0.3) is 0 Å². The molecule has 0 aromatic heterocycles. The molecule has 1 heterocycles.